The highest BCUT2D eigenvalue weighted by Crippen LogP contribution is 2.25. The number of hydrogen-bond acceptors (Lipinski definition) is 1. The minimum Gasteiger partial charge on any atom is -0.316 e. The second-order valence-corrected chi connectivity index (χ2v) is 5.24. The maximum atomic E-state index is 13.7. The van der Waals surface area contributed by atoms with E-state index in [1.807, 2.05) is 0 Å². The van der Waals surface area contributed by atoms with Crippen LogP contribution in [-0.4, -0.2) is 13.1 Å². The number of nitrogens with one attached hydrogen (secondary N) is 1. The number of benzene rings is 1. The zero-order chi connectivity index (χ0) is 12.2. The predicted octanol–water partition coefficient (Wildman–Crippen LogP) is 3.66. The molecule has 0 amide bonds. The summed E-state index contributed by atoms with van der Waals surface area (Å²) in [6, 6.07) is 5.18. The molecule has 0 radical (unpaired) electrons. The molecule has 1 N–H and O–H groups in total. The highest BCUT2D eigenvalue weighted by atomic mass is 35.5. The van der Waals surface area contributed by atoms with Crippen LogP contribution in [-0.2, 0) is 6.42 Å². The van der Waals surface area contributed by atoms with E-state index in [1.165, 1.54) is 0 Å². The standard InChI is InChI=1S/C13H19ClFN/c1-4-16-9-13(2,3)8-10-6-5-7-11(14)12(10)15/h5-7,16H,4,8-9H2,1-3H3. The molecule has 0 heterocycles. The van der Waals surface area contributed by atoms with Crippen molar-refractivity contribution >= 4 is 11.6 Å². The van der Waals surface area contributed by atoms with Crippen LogP contribution in [0.25, 0.3) is 0 Å². The molecule has 0 aliphatic heterocycles. The van der Waals surface area contributed by atoms with Gasteiger partial charge in [0.1, 0.15) is 5.82 Å². The molecule has 3 heteroatoms. The summed E-state index contributed by atoms with van der Waals surface area (Å²) in [5, 5.41) is 3.49. The van der Waals surface area contributed by atoms with Gasteiger partial charge in [0.25, 0.3) is 0 Å². The van der Waals surface area contributed by atoms with Crippen molar-refractivity contribution in [2.45, 2.75) is 27.2 Å². The van der Waals surface area contributed by atoms with Crippen molar-refractivity contribution in [3.63, 3.8) is 0 Å². The van der Waals surface area contributed by atoms with Gasteiger partial charge in [-0.3, -0.25) is 0 Å². The zero-order valence-corrected chi connectivity index (χ0v) is 10.9. The van der Waals surface area contributed by atoms with E-state index in [0.717, 1.165) is 13.1 Å². The molecule has 1 aromatic rings. The fourth-order valence-corrected chi connectivity index (χ4v) is 1.92. The van der Waals surface area contributed by atoms with Gasteiger partial charge in [0.05, 0.1) is 5.02 Å². The lowest BCUT2D eigenvalue weighted by Crippen LogP contribution is -2.31. The van der Waals surface area contributed by atoms with Crippen molar-refractivity contribution in [2.75, 3.05) is 13.1 Å². The summed E-state index contributed by atoms with van der Waals surface area (Å²) in [7, 11) is 0. The van der Waals surface area contributed by atoms with Crippen molar-refractivity contribution < 1.29 is 4.39 Å². The molecular formula is C13H19ClFN. The van der Waals surface area contributed by atoms with Crippen molar-refractivity contribution in [1.29, 1.82) is 0 Å². The number of rotatable bonds is 5. The molecule has 16 heavy (non-hydrogen) atoms. The molecule has 0 atom stereocenters. The summed E-state index contributed by atoms with van der Waals surface area (Å²) in [6.07, 6.45) is 0.687. The molecule has 0 aromatic heterocycles. The van der Waals surface area contributed by atoms with E-state index >= 15 is 0 Å². The van der Waals surface area contributed by atoms with Crippen LogP contribution in [0.2, 0.25) is 5.02 Å². The fraction of sp³-hybridized carbons (Fsp3) is 0.538. The van der Waals surface area contributed by atoms with Crippen LogP contribution in [0.4, 0.5) is 4.39 Å². The normalized spacial score (nSPS) is 11.8. The zero-order valence-electron chi connectivity index (χ0n) is 10.1. The smallest absolute Gasteiger partial charge is 0.144 e. The Morgan fingerprint density at radius 2 is 2.06 bits per heavy atom. The van der Waals surface area contributed by atoms with Gasteiger partial charge < -0.3 is 5.32 Å². The maximum Gasteiger partial charge on any atom is 0.144 e. The Bertz CT molecular complexity index is 350. The van der Waals surface area contributed by atoms with E-state index < -0.39 is 0 Å². The van der Waals surface area contributed by atoms with E-state index in [1.54, 1.807) is 18.2 Å². The van der Waals surface area contributed by atoms with E-state index in [9.17, 15) is 4.39 Å². The van der Waals surface area contributed by atoms with E-state index in [4.69, 9.17) is 11.6 Å². The number of halogens is 2. The Hall–Kier alpha value is -0.600. The minimum atomic E-state index is -0.284. The molecule has 0 unspecified atom stereocenters. The third kappa shape index (κ3) is 3.76. The predicted molar refractivity (Wildman–Crippen MR) is 67.4 cm³/mol. The Kier molecular flexibility index (Phi) is 4.75. The lowest BCUT2D eigenvalue weighted by Gasteiger charge is -2.25. The molecule has 1 nitrogen and oxygen atoms in total. The molecule has 1 aromatic carbocycles. The van der Waals surface area contributed by atoms with Gasteiger partial charge in [0, 0.05) is 6.54 Å². The fourth-order valence-electron chi connectivity index (χ4n) is 1.73. The van der Waals surface area contributed by atoms with Crippen molar-refractivity contribution in [2.24, 2.45) is 5.41 Å². The van der Waals surface area contributed by atoms with Gasteiger partial charge in [-0.2, -0.15) is 0 Å². The Morgan fingerprint density at radius 3 is 2.69 bits per heavy atom. The Morgan fingerprint density at radius 1 is 1.38 bits per heavy atom. The van der Waals surface area contributed by atoms with Crippen LogP contribution in [0.5, 0.6) is 0 Å². The third-order valence-corrected chi connectivity index (χ3v) is 2.85. The van der Waals surface area contributed by atoms with Crippen LogP contribution in [0.15, 0.2) is 18.2 Å². The van der Waals surface area contributed by atoms with Gasteiger partial charge >= 0.3 is 0 Å². The highest BCUT2D eigenvalue weighted by Gasteiger charge is 2.20. The molecule has 0 bridgehead atoms. The van der Waals surface area contributed by atoms with Gasteiger partial charge in [-0.1, -0.05) is 44.5 Å². The largest absolute Gasteiger partial charge is 0.316 e. The van der Waals surface area contributed by atoms with Crippen LogP contribution in [0.3, 0.4) is 0 Å². The topological polar surface area (TPSA) is 12.0 Å². The SMILES string of the molecule is CCNCC(C)(C)Cc1cccc(Cl)c1F. The summed E-state index contributed by atoms with van der Waals surface area (Å²) in [4.78, 5) is 0. The van der Waals surface area contributed by atoms with Crippen molar-refractivity contribution in [3.8, 4) is 0 Å². The van der Waals surface area contributed by atoms with E-state index in [-0.39, 0.29) is 16.3 Å². The van der Waals surface area contributed by atoms with Gasteiger partial charge in [-0.25, -0.2) is 4.39 Å². The van der Waals surface area contributed by atoms with Crippen LogP contribution in [0, 0.1) is 11.2 Å². The first-order valence-corrected chi connectivity index (χ1v) is 5.97. The molecule has 0 saturated heterocycles. The second-order valence-electron chi connectivity index (χ2n) is 4.83. The lowest BCUT2D eigenvalue weighted by molar-refractivity contribution is 0.337. The second kappa shape index (κ2) is 5.65. The lowest BCUT2D eigenvalue weighted by atomic mass is 9.85. The molecule has 90 valence electrons. The minimum absolute atomic E-state index is 0.0293. The van der Waals surface area contributed by atoms with Gasteiger partial charge in [0.15, 0.2) is 0 Å². The maximum absolute atomic E-state index is 13.7. The van der Waals surface area contributed by atoms with E-state index in [0.29, 0.717) is 12.0 Å². The summed E-state index contributed by atoms with van der Waals surface area (Å²) >= 11 is 5.76. The van der Waals surface area contributed by atoms with Crippen LogP contribution in [0.1, 0.15) is 26.3 Å². The number of hydrogen-bond donors (Lipinski definition) is 1. The van der Waals surface area contributed by atoms with Crippen LogP contribution >= 0.6 is 11.6 Å². The first kappa shape index (κ1) is 13.5. The first-order chi connectivity index (χ1) is 7.46. The monoisotopic (exact) mass is 243 g/mol. The summed E-state index contributed by atoms with van der Waals surface area (Å²) in [6.45, 7) is 8.11. The molecule has 0 spiro atoms. The van der Waals surface area contributed by atoms with Crippen LogP contribution < -0.4 is 5.32 Å². The summed E-state index contributed by atoms with van der Waals surface area (Å²) in [5.41, 5.74) is 0.719. The average molecular weight is 244 g/mol. The summed E-state index contributed by atoms with van der Waals surface area (Å²) < 4.78 is 13.7. The van der Waals surface area contributed by atoms with Crippen molar-refractivity contribution in [3.05, 3.63) is 34.6 Å². The Labute approximate surface area is 102 Å². The Balaban J connectivity index is 2.75. The molecule has 1 rings (SSSR count). The highest BCUT2D eigenvalue weighted by molar-refractivity contribution is 6.30. The third-order valence-electron chi connectivity index (χ3n) is 2.55. The average Bonchev–Trinajstić information content (AvgIpc) is 2.22. The molecular weight excluding hydrogens is 225 g/mol. The van der Waals surface area contributed by atoms with Gasteiger partial charge in [0.2, 0.25) is 0 Å². The van der Waals surface area contributed by atoms with Gasteiger partial charge in [-0.05, 0) is 30.0 Å². The van der Waals surface area contributed by atoms with Gasteiger partial charge in [-0.15, -0.1) is 0 Å². The molecule has 0 fully saturated rings. The van der Waals surface area contributed by atoms with Crippen molar-refractivity contribution in [1.82, 2.24) is 5.32 Å². The molecule has 0 aliphatic rings. The quantitative estimate of drug-likeness (QED) is 0.832. The molecule has 0 aliphatic carbocycles. The van der Waals surface area contributed by atoms with E-state index in [2.05, 4.69) is 26.1 Å². The molecule has 0 saturated carbocycles. The summed E-state index contributed by atoms with van der Waals surface area (Å²) in [5.74, 6) is -0.284. The first-order valence-electron chi connectivity index (χ1n) is 5.60.